The summed E-state index contributed by atoms with van der Waals surface area (Å²) in [7, 11) is 1.70. The summed E-state index contributed by atoms with van der Waals surface area (Å²) in [5.74, 6) is -0.0367. The molecule has 2 amide bonds. The zero-order valence-electron chi connectivity index (χ0n) is 9.26. The molecule has 4 heteroatoms. The molecule has 1 aliphatic heterocycles. The van der Waals surface area contributed by atoms with Crippen LogP contribution in [0.3, 0.4) is 0 Å². The van der Waals surface area contributed by atoms with Crippen molar-refractivity contribution in [2.24, 2.45) is 0 Å². The van der Waals surface area contributed by atoms with Crippen LogP contribution in [0.5, 0.6) is 0 Å². The van der Waals surface area contributed by atoms with Crippen molar-refractivity contribution in [3.63, 3.8) is 0 Å². The molecule has 1 saturated heterocycles. The van der Waals surface area contributed by atoms with Crippen molar-refractivity contribution in [3.8, 4) is 0 Å². The minimum atomic E-state index is -0.678. The number of amides is 2. The predicted octanol–water partition coefficient (Wildman–Crippen LogP) is 0.522. The summed E-state index contributed by atoms with van der Waals surface area (Å²) in [6, 6.07) is -0.341. The smallest absolute Gasteiger partial charge is 0.246 e. The molecule has 1 fully saturated rings. The number of rotatable bonds is 2. The van der Waals surface area contributed by atoms with E-state index in [4.69, 9.17) is 0 Å². The lowest BCUT2D eigenvalue weighted by atomic mass is 9.91. The Labute approximate surface area is 84.7 Å². The molecule has 1 heterocycles. The van der Waals surface area contributed by atoms with E-state index in [1.54, 1.807) is 18.9 Å². The van der Waals surface area contributed by atoms with Crippen LogP contribution in [-0.2, 0) is 9.59 Å². The summed E-state index contributed by atoms with van der Waals surface area (Å²) in [5, 5.41) is 2.76. The van der Waals surface area contributed by atoms with Crippen LogP contribution in [0.4, 0.5) is 0 Å². The summed E-state index contributed by atoms with van der Waals surface area (Å²) in [6.45, 7) is 5.60. The summed E-state index contributed by atoms with van der Waals surface area (Å²) >= 11 is 0. The normalized spacial score (nSPS) is 33.1. The fourth-order valence-electron chi connectivity index (χ4n) is 1.68. The topological polar surface area (TPSA) is 49.4 Å². The summed E-state index contributed by atoms with van der Waals surface area (Å²) in [6.07, 6.45) is 1.28. The quantitative estimate of drug-likeness (QED) is 0.703. The van der Waals surface area contributed by atoms with Crippen molar-refractivity contribution in [1.29, 1.82) is 0 Å². The third-order valence-corrected chi connectivity index (χ3v) is 3.26. The minimum Gasteiger partial charge on any atom is -0.342 e. The van der Waals surface area contributed by atoms with E-state index in [0.29, 0.717) is 12.8 Å². The number of nitrogens with one attached hydrogen (secondary N) is 1. The predicted molar refractivity (Wildman–Crippen MR) is 53.7 cm³/mol. The fraction of sp³-hybridized carbons (Fsp3) is 0.800. The highest BCUT2D eigenvalue weighted by Crippen LogP contribution is 2.23. The van der Waals surface area contributed by atoms with Crippen LogP contribution in [0.1, 0.15) is 33.6 Å². The Bertz CT molecular complexity index is 263. The summed E-state index contributed by atoms with van der Waals surface area (Å²) in [5.41, 5.74) is -0.678. The molecule has 0 spiro atoms. The molecule has 0 bridgehead atoms. The van der Waals surface area contributed by atoms with Gasteiger partial charge in [0.2, 0.25) is 11.8 Å². The number of carbonyl (C=O) groups is 2. The SMILES string of the molecule is CCC1NC(=O)C(C)(CC)N(C)C1=O. The van der Waals surface area contributed by atoms with Crippen molar-refractivity contribution >= 4 is 11.8 Å². The molecular weight excluding hydrogens is 180 g/mol. The number of hydrogen-bond acceptors (Lipinski definition) is 2. The van der Waals surface area contributed by atoms with Crippen LogP contribution in [0, 0.1) is 0 Å². The molecule has 80 valence electrons. The van der Waals surface area contributed by atoms with E-state index in [2.05, 4.69) is 5.32 Å². The molecule has 1 aliphatic rings. The fourth-order valence-corrected chi connectivity index (χ4v) is 1.68. The van der Waals surface area contributed by atoms with Gasteiger partial charge in [0.05, 0.1) is 0 Å². The number of hydrogen-bond donors (Lipinski definition) is 1. The van der Waals surface area contributed by atoms with Crippen LogP contribution in [0.25, 0.3) is 0 Å². The lowest BCUT2D eigenvalue weighted by Crippen LogP contribution is -2.67. The highest BCUT2D eigenvalue weighted by molar-refractivity contribution is 5.99. The van der Waals surface area contributed by atoms with Gasteiger partial charge in [-0.2, -0.15) is 0 Å². The Balaban J connectivity index is 2.96. The Morgan fingerprint density at radius 3 is 2.43 bits per heavy atom. The largest absolute Gasteiger partial charge is 0.342 e. The van der Waals surface area contributed by atoms with E-state index >= 15 is 0 Å². The molecule has 0 saturated carbocycles. The maximum absolute atomic E-state index is 11.8. The van der Waals surface area contributed by atoms with Crippen LogP contribution in [0.2, 0.25) is 0 Å². The molecule has 0 radical (unpaired) electrons. The van der Waals surface area contributed by atoms with E-state index in [1.165, 1.54) is 0 Å². The average Bonchev–Trinajstić information content (AvgIpc) is 2.20. The van der Waals surface area contributed by atoms with E-state index in [9.17, 15) is 9.59 Å². The standard InChI is InChI=1S/C10H18N2O2/c1-5-7-8(13)12(4)10(3,6-2)9(14)11-7/h7H,5-6H2,1-4H3,(H,11,14). The van der Waals surface area contributed by atoms with Gasteiger partial charge in [-0.1, -0.05) is 13.8 Å². The van der Waals surface area contributed by atoms with Gasteiger partial charge in [0.25, 0.3) is 0 Å². The van der Waals surface area contributed by atoms with Gasteiger partial charge >= 0.3 is 0 Å². The molecule has 0 aromatic heterocycles. The van der Waals surface area contributed by atoms with E-state index in [1.807, 2.05) is 13.8 Å². The molecule has 0 aromatic carbocycles. The molecule has 4 nitrogen and oxygen atoms in total. The first-order valence-electron chi connectivity index (χ1n) is 5.06. The molecule has 2 unspecified atom stereocenters. The van der Waals surface area contributed by atoms with Gasteiger partial charge in [-0.15, -0.1) is 0 Å². The van der Waals surface area contributed by atoms with Crippen molar-refractivity contribution in [2.75, 3.05) is 7.05 Å². The zero-order chi connectivity index (χ0) is 10.9. The van der Waals surface area contributed by atoms with Crippen LogP contribution in [0.15, 0.2) is 0 Å². The van der Waals surface area contributed by atoms with Gasteiger partial charge in [-0.05, 0) is 19.8 Å². The van der Waals surface area contributed by atoms with E-state index in [-0.39, 0.29) is 17.9 Å². The first kappa shape index (κ1) is 11.0. The van der Waals surface area contributed by atoms with Crippen LogP contribution < -0.4 is 5.32 Å². The van der Waals surface area contributed by atoms with Gasteiger partial charge < -0.3 is 10.2 Å². The Kier molecular flexibility index (Phi) is 2.83. The Morgan fingerprint density at radius 1 is 1.43 bits per heavy atom. The molecule has 0 aromatic rings. The number of nitrogens with zero attached hydrogens (tertiary/aromatic N) is 1. The number of carbonyl (C=O) groups excluding carboxylic acids is 2. The average molecular weight is 198 g/mol. The first-order chi connectivity index (χ1) is 6.47. The third-order valence-electron chi connectivity index (χ3n) is 3.26. The molecule has 2 atom stereocenters. The lowest BCUT2D eigenvalue weighted by molar-refractivity contribution is -0.154. The number of piperazine rings is 1. The minimum absolute atomic E-state index is 0.0106. The van der Waals surface area contributed by atoms with Crippen molar-refractivity contribution in [2.45, 2.75) is 45.2 Å². The molecule has 1 N–H and O–H groups in total. The van der Waals surface area contributed by atoms with Gasteiger partial charge in [-0.25, -0.2) is 0 Å². The second-order valence-electron chi connectivity index (χ2n) is 3.96. The second kappa shape index (κ2) is 3.59. The highest BCUT2D eigenvalue weighted by atomic mass is 16.2. The maximum Gasteiger partial charge on any atom is 0.246 e. The first-order valence-corrected chi connectivity index (χ1v) is 5.06. The van der Waals surface area contributed by atoms with Crippen LogP contribution in [-0.4, -0.2) is 35.3 Å². The van der Waals surface area contributed by atoms with E-state index < -0.39 is 5.54 Å². The van der Waals surface area contributed by atoms with Gasteiger partial charge in [0.15, 0.2) is 0 Å². The van der Waals surface area contributed by atoms with Crippen LogP contribution >= 0.6 is 0 Å². The third kappa shape index (κ3) is 1.38. The van der Waals surface area contributed by atoms with Crippen molar-refractivity contribution in [1.82, 2.24) is 10.2 Å². The molecule has 0 aliphatic carbocycles. The second-order valence-corrected chi connectivity index (χ2v) is 3.96. The Hall–Kier alpha value is -1.06. The van der Waals surface area contributed by atoms with E-state index in [0.717, 1.165) is 0 Å². The summed E-state index contributed by atoms with van der Waals surface area (Å²) < 4.78 is 0. The summed E-state index contributed by atoms with van der Waals surface area (Å²) in [4.78, 5) is 25.1. The maximum atomic E-state index is 11.8. The molecular formula is C10H18N2O2. The lowest BCUT2D eigenvalue weighted by Gasteiger charge is -2.43. The van der Waals surface area contributed by atoms with Gasteiger partial charge in [0, 0.05) is 7.05 Å². The van der Waals surface area contributed by atoms with Gasteiger partial charge in [0.1, 0.15) is 11.6 Å². The Morgan fingerprint density at radius 2 is 2.00 bits per heavy atom. The molecule has 1 rings (SSSR count). The number of likely N-dealkylation sites (N-methyl/N-ethyl adjacent to an activating group) is 1. The highest BCUT2D eigenvalue weighted by Gasteiger charge is 2.45. The monoisotopic (exact) mass is 198 g/mol. The molecule has 14 heavy (non-hydrogen) atoms. The van der Waals surface area contributed by atoms with Gasteiger partial charge in [-0.3, -0.25) is 9.59 Å². The van der Waals surface area contributed by atoms with Crippen molar-refractivity contribution in [3.05, 3.63) is 0 Å². The van der Waals surface area contributed by atoms with Crippen molar-refractivity contribution < 1.29 is 9.59 Å². The zero-order valence-corrected chi connectivity index (χ0v) is 9.26.